The third-order valence-corrected chi connectivity index (χ3v) is 0.626. The van der Waals surface area contributed by atoms with E-state index in [1.807, 2.05) is 0 Å². The normalized spacial score (nSPS) is 16.1. The number of rotatable bonds is 1. The molecule has 0 unspecified atom stereocenters. The Morgan fingerprint density at radius 1 is 1.30 bits per heavy atom. The van der Waals surface area contributed by atoms with Gasteiger partial charge in [-0.3, -0.25) is 0 Å². The van der Waals surface area contributed by atoms with Crippen molar-refractivity contribution in [3.63, 3.8) is 0 Å². The van der Waals surface area contributed by atoms with Gasteiger partial charge in [-0.1, -0.05) is 0 Å². The molecule has 0 N–H and O–H groups in total. The zero-order valence-electron chi connectivity index (χ0n) is 5.03. The first-order chi connectivity index (χ1) is 4.70. The van der Waals surface area contributed by atoms with Gasteiger partial charge in [0.1, 0.15) is 0 Å². The van der Waals surface area contributed by atoms with Crippen LogP contribution in [0.3, 0.4) is 0 Å². The van der Waals surface area contributed by atoms with Gasteiger partial charge in [-0.15, -0.1) is 0 Å². The zero-order valence-corrected chi connectivity index (χ0v) is 5.03. The standard InChI is InChI=1S/C4H4O6/c1-2(5)7-8-3(6)4-9-10-4/h4H,1H3. The lowest BCUT2D eigenvalue weighted by Crippen LogP contribution is -2.13. The molecule has 56 valence electrons. The van der Waals surface area contributed by atoms with Crippen LogP contribution < -0.4 is 0 Å². The maximum atomic E-state index is 10.4. The maximum Gasteiger partial charge on any atom is 0.417 e. The lowest BCUT2D eigenvalue weighted by atomic mass is 10.7. The summed E-state index contributed by atoms with van der Waals surface area (Å²) in [5.41, 5.74) is 0. The average Bonchev–Trinajstić information content (AvgIpc) is 2.63. The summed E-state index contributed by atoms with van der Waals surface area (Å²) in [6, 6.07) is 0. The predicted molar refractivity (Wildman–Crippen MR) is 23.8 cm³/mol. The molecule has 0 aromatic heterocycles. The minimum absolute atomic E-state index is 0.714. The van der Waals surface area contributed by atoms with E-state index in [4.69, 9.17) is 0 Å². The van der Waals surface area contributed by atoms with Gasteiger partial charge in [0.05, 0.1) is 0 Å². The Hall–Kier alpha value is -1.14. The third kappa shape index (κ3) is 2.00. The summed E-state index contributed by atoms with van der Waals surface area (Å²) in [5.74, 6) is -1.59. The summed E-state index contributed by atoms with van der Waals surface area (Å²) in [4.78, 5) is 36.2. The molecular weight excluding hydrogens is 144 g/mol. The Morgan fingerprint density at radius 3 is 2.30 bits per heavy atom. The quantitative estimate of drug-likeness (QED) is 0.278. The fourth-order valence-electron chi connectivity index (χ4n) is 0.245. The highest BCUT2D eigenvalue weighted by Crippen LogP contribution is 2.13. The highest BCUT2D eigenvalue weighted by molar-refractivity contribution is 5.75. The first-order valence-electron chi connectivity index (χ1n) is 2.41. The van der Waals surface area contributed by atoms with E-state index in [-0.39, 0.29) is 0 Å². The van der Waals surface area contributed by atoms with Crippen molar-refractivity contribution >= 4 is 11.9 Å². The summed E-state index contributed by atoms with van der Waals surface area (Å²) in [5, 5.41) is 0. The van der Waals surface area contributed by atoms with Gasteiger partial charge < -0.3 is 0 Å². The molecule has 1 aliphatic heterocycles. The second kappa shape index (κ2) is 2.63. The molecule has 0 aromatic carbocycles. The monoisotopic (exact) mass is 148 g/mol. The highest BCUT2D eigenvalue weighted by Gasteiger charge is 2.38. The molecule has 1 heterocycles. The molecule has 0 bridgehead atoms. The number of hydrogen-bond donors (Lipinski definition) is 0. The second-order valence-electron chi connectivity index (χ2n) is 1.50. The molecule has 0 atom stereocenters. The van der Waals surface area contributed by atoms with Gasteiger partial charge in [0.25, 0.3) is 0 Å². The largest absolute Gasteiger partial charge is 0.417 e. The fraction of sp³-hybridized carbons (Fsp3) is 0.500. The number of carbonyl (C=O) groups is 2. The van der Waals surface area contributed by atoms with Crippen LogP contribution >= 0.6 is 0 Å². The summed E-state index contributed by atoms with van der Waals surface area (Å²) in [6.45, 7) is 1.10. The second-order valence-corrected chi connectivity index (χ2v) is 1.50. The van der Waals surface area contributed by atoms with E-state index in [1.165, 1.54) is 0 Å². The number of hydrogen-bond acceptors (Lipinski definition) is 6. The van der Waals surface area contributed by atoms with Crippen LogP contribution in [-0.4, -0.2) is 18.2 Å². The van der Waals surface area contributed by atoms with E-state index < -0.39 is 18.2 Å². The third-order valence-electron chi connectivity index (χ3n) is 0.626. The van der Waals surface area contributed by atoms with Crippen molar-refractivity contribution in [1.82, 2.24) is 0 Å². The molecule has 1 fully saturated rings. The molecule has 1 rings (SSSR count). The topological polar surface area (TPSA) is 77.7 Å². The van der Waals surface area contributed by atoms with E-state index in [1.54, 1.807) is 0 Å². The zero-order chi connectivity index (χ0) is 7.56. The minimum Gasteiger partial charge on any atom is -0.248 e. The van der Waals surface area contributed by atoms with Crippen LogP contribution in [0.5, 0.6) is 0 Å². The summed E-state index contributed by atoms with van der Waals surface area (Å²) >= 11 is 0. The van der Waals surface area contributed by atoms with Gasteiger partial charge in [0, 0.05) is 6.92 Å². The summed E-state index contributed by atoms with van der Waals surface area (Å²) in [7, 11) is 0. The van der Waals surface area contributed by atoms with Crippen LogP contribution in [0.25, 0.3) is 0 Å². The van der Waals surface area contributed by atoms with Crippen LogP contribution in [-0.2, 0) is 29.1 Å². The molecule has 10 heavy (non-hydrogen) atoms. The first-order valence-corrected chi connectivity index (χ1v) is 2.41. The van der Waals surface area contributed by atoms with E-state index in [0.29, 0.717) is 0 Å². The van der Waals surface area contributed by atoms with Gasteiger partial charge >= 0.3 is 18.2 Å². The van der Waals surface area contributed by atoms with Crippen LogP contribution in [0.1, 0.15) is 6.92 Å². The Labute approximate surface area is 55.5 Å². The van der Waals surface area contributed by atoms with Gasteiger partial charge in [-0.25, -0.2) is 19.4 Å². The van der Waals surface area contributed by atoms with E-state index in [2.05, 4.69) is 19.6 Å². The van der Waals surface area contributed by atoms with Crippen LogP contribution in [0.2, 0.25) is 0 Å². The molecule has 6 heteroatoms. The molecule has 0 saturated carbocycles. The average molecular weight is 148 g/mol. The lowest BCUT2D eigenvalue weighted by molar-refractivity contribution is -0.258. The predicted octanol–water partition coefficient (Wildman–Crippen LogP) is -0.704. The molecule has 0 aliphatic carbocycles. The van der Waals surface area contributed by atoms with Gasteiger partial charge in [-0.2, -0.15) is 9.78 Å². The van der Waals surface area contributed by atoms with Crippen LogP contribution in [0, 0.1) is 0 Å². The van der Waals surface area contributed by atoms with Crippen molar-refractivity contribution in [1.29, 1.82) is 0 Å². The van der Waals surface area contributed by atoms with Crippen LogP contribution in [0.4, 0.5) is 0 Å². The molecule has 1 aliphatic rings. The molecular formula is C4H4O6. The molecule has 0 spiro atoms. The van der Waals surface area contributed by atoms with Crippen molar-refractivity contribution in [3.05, 3.63) is 0 Å². The van der Waals surface area contributed by atoms with E-state index >= 15 is 0 Å². The smallest absolute Gasteiger partial charge is 0.248 e. The SMILES string of the molecule is CC(=O)OOC(=O)C1OO1. The van der Waals surface area contributed by atoms with Gasteiger partial charge in [0.15, 0.2) is 0 Å². The summed E-state index contributed by atoms with van der Waals surface area (Å²) < 4.78 is 0. The van der Waals surface area contributed by atoms with Gasteiger partial charge in [0.2, 0.25) is 0 Å². The van der Waals surface area contributed by atoms with Crippen molar-refractivity contribution in [2.45, 2.75) is 13.2 Å². The molecule has 0 amide bonds. The Bertz CT molecular complexity index is 159. The lowest BCUT2D eigenvalue weighted by Gasteiger charge is -1.94. The van der Waals surface area contributed by atoms with Crippen molar-refractivity contribution in [3.8, 4) is 0 Å². The van der Waals surface area contributed by atoms with E-state index in [0.717, 1.165) is 6.92 Å². The highest BCUT2D eigenvalue weighted by atomic mass is 17.4. The molecule has 0 radical (unpaired) electrons. The Morgan fingerprint density at radius 2 is 1.90 bits per heavy atom. The Balaban J connectivity index is 2.12. The number of carbonyl (C=O) groups excluding carboxylic acids is 2. The Kier molecular flexibility index (Phi) is 1.83. The molecule has 1 saturated heterocycles. The van der Waals surface area contributed by atoms with Crippen molar-refractivity contribution in [2.75, 3.05) is 0 Å². The van der Waals surface area contributed by atoms with Gasteiger partial charge in [-0.05, 0) is 0 Å². The van der Waals surface area contributed by atoms with Crippen molar-refractivity contribution in [2.24, 2.45) is 0 Å². The first kappa shape index (κ1) is 6.97. The van der Waals surface area contributed by atoms with Crippen LogP contribution in [0.15, 0.2) is 0 Å². The minimum atomic E-state index is -1.03. The van der Waals surface area contributed by atoms with Crippen molar-refractivity contribution < 1.29 is 29.1 Å². The molecule has 6 nitrogen and oxygen atoms in total. The molecule has 0 aromatic rings. The fourth-order valence-corrected chi connectivity index (χ4v) is 0.245. The van der Waals surface area contributed by atoms with E-state index in [9.17, 15) is 9.59 Å². The maximum absolute atomic E-state index is 10.4. The summed E-state index contributed by atoms with van der Waals surface area (Å²) in [6.07, 6.45) is -1.03.